The van der Waals surface area contributed by atoms with E-state index >= 15 is 0 Å². The summed E-state index contributed by atoms with van der Waals surface area (Å²) in [6, 6.07) is 0. The summed E-state index contributed by atoms with van der Waals surface area (Å²) in [6.07, 6.45) is 4.65. The standard InChI is InChI=1S/C10H10N4O2S/c1-6(10(15)16)2-3-17-9-7-8(12-4-11-7)13-5-14-9/h2,4-5H,3H2,1H3,(H,15,16)(H,11,12,13,14). The third kappa shape index (κ3) is 2.62. The van der Waals surface area contributed by atoms with Crippen molar-refractivity contribution < 1.29 is 9.90 Å². The second kappa shape index (κ2) is 4.96. The van der Waals surface area contributed by atoms with E-state index in [1.165, 1.54) is 18.1 Å². The van der Waals surface area contributed by atoms with Gasteiger partial charge in [-0.25, -0.2) is 19.7 Å². The molecular formula is C10H10N4O2S. The number of hydrogen-bond donors (Lipinski definition) is 2. The molecule has 17 heavy (non-hydrogen) atoms. The fourth-order valence-corrected chi connectivity index (χ4v) is 2.09. The maximum Gasteiger partial charge on any atom is 0.330 e. The molecular weight excluding hydrogens is 240 g/mol. The topological polar surface area (TPSA) is 91.8 Å². The summed E-state index contributed by atoms with van der Waals surface area (Å²) in [4.78, 5) is 25.7. The Morgan fingerprint density at radius 2 is 2.35 bits per heavy atom. The summed E-state index contributed by atoms with van der Waals surface area (Å²) in [7, 11) is 0. The predicted molar refractivity (Wildman–Crippen MR) is 63.8 cm³/mol. The minimum atomic E-state index is -0.903. The molecule has 2 rings (SSSR count). The van der Waals surface area contributed by atoms with E-state index < -0.39 is 5.97 Å². The Kier molecular flexibility index (Phi) is 3.38. The van der Waals surface area contributed by atoms with Crippen molar-refractivity contribution in [3.8, 4) is 0 Å². The van der Waals surface area contributed by atoms with Crippen molar-refractivity contribution >= 4 is 28.9 Å². The van der Waals surface area contributed by atoms with E-state index in [-0.39, 0.29) is 0 Å². The lowest BCUT2D eigenvalue weighted by molar-refractivity contribution is -0.132. The molecule has 2 aromatic rings. The van der Waals surface area contributed by atoms with Crippen LogP contribution in [0.4, 0.5) is 0 Å². The Labute approximate surface area is 101 Å². The van der Waals surface area contributed by atoms with Crippen molar-refractivity contribution in [1.82, 2.24) is 19.9 Å². The van der Waals surface area contributed by atoms with Gasteiger partial charge in [-0.2, -0.15) is 0 Å². The third-order valence-corrected chi connectivity index (χ3v) is 3.05. The molecule has 2 aromatic heterocycles. The number of thioether (sulfide) groups is 1. The van der Waals surface area contributed by atoms with E-state index in [0.29, 0.717) is 17.0 Å². The van der Waals surface area contributed by atoms with Crippen LogP contribution in [0.15, 0.2) is 29.3 Å². The summed E-state index contributed by atoms with van der Waals surface area (Å²) in [5.41, 5.74) is 1.72. The van der Waals surface area contributed by atoms with Crippen LogP contribution in [0.25, 0.3) is 11.2 Å². The molecule has 0 saturated carbocycles. The van der Waals surface area contributed by atoms with E-state index in [4.69, 9.17) is 5.11 Å². The number of imidazole rings is 1. The summed E-state index contributed by atoms with van der Waals surface area (Å²) < 4.78 is 0. The Morgan fingerprint density at radius 3 is 3.12 bits per heavy atom. The van der Waals surface area contributed by atoms with Gasteiger partial charge in [0.2, 0.25) is 0 Å². The number of carboxylic acid groups (broad SMARTS) is 1. The zero-order valence-electron chi connectivity index (χ0n) is 9.04. The van der Waals surface area contributed by atoms with Gasteiger partial charge in [0.25, 0.3) is 0 Å². The molecule has 0 amide bonds. The number of aromatic amines is 1. The first-order chi connectivity index (χ1) is 8.18. The number of aromatic nitrogens is 4. The molecule has 0 bridgehead atoms. The molecule has 0 aliphatic heterocycles. The molecule has 0 aliphatic rings. The minimum Gasteiger partial charge on any atom is -0.478 e. The van der Waals surface area contributed by atoms with E-state index in [0.717, 1.165) is 10.5 Å². The van der Waals surface area contributed by atoms with Crippen molar-refractivity contribution in [3.63, 3.8) is 0 Å². The van der Waals surface area contributed by atoms with E-state index in [2.05, 4.69) is 19.9 Å². The number of rotatable bonds is 4. The third-order valence-electron chi connectivity index (χ3n) is 2.14. The monoisotopic (exact) mass is 250 g/mol. The average Bonchev–Trinajstić information content (AvgIpc) is 2.77. The molecule has 0 atom stereocenters. The van der Waals surface area contributed by atoms with Gasteiger partial charge < -0.3 is 10.1 Å². The van der Waals surface area contributed by atoms with Gasteiger partial charge >= 0.3 is 5.97 Å². The van der Waals surface area contributed by atoms with Gasteiger partial charge in [0.1, 0.15) is 16.9 Å². The smallest absolute Gasteiger partial charge is 0.330 e. The van der Waals surface area contributed by atoms with Crippen LogP contribution >= 0.6 is 11.8 Å². The first-order valence-electron chi connectivity index (χ1n) is 4.85. The van der Waals surface area contributed by atoms with Crippen LogP contribution < -0.4 is 0 Å². The average molecular weight is 250 g/mol. The van der Waals surface area contributed by atoms with E-state index in [9.17, 15) is 4.79 Å². The van der Waals surface area contributed by atoms with Gasteiger partial charge in [0.15, 0.2) is 5.65 Å². The zero-order chi connectivity index (χ0) is 12.3. The highest BCUT2D eigenvalue weighted by Gasteiger charge is 2.05. The Balaban J connectivity index is 2.12. The SMILES string of the molecule is CC(=CCSc1ncnc2nc[nH]c12)C(=O)O. The number of nitrogens with zero attached hydrogens (tertiary/aromatic N) is 3. The van der Waals surface area contributed by atoms with Crippen LogP contribution in [0.3, 0.4) is 0 Å². The highest BCUT2D eigenvalue weighted by Crippen LogP contribution is 2.21. The van der Waals surface area contributed by atoms with Crippen molar-refractivity contribution in [2.45, 2.75) is 11.9 Å². The van der Waals surface area contributed by atoms with Gasteiger partial charge in [-0.05, 0) is 6.92 Å². The summed E-state index contributed by atoms with van der Waals surface area (Å²) >= 11 is 1.44. The number of nitrogens with one attached hydrogen (secondary N) is 1. The van der Waals surface area contributed by atoms with E-state index in [1.807, 2.05) is 0 Å². The number of hydrogen-bond acceptors (Lipinski definition) is 5. The molecule has 0 aliphatic carbocycles. The minimum absolute atomic E-state index is 0.326. The van der Waals surface area contributed by atoms with Crippen molar-refractivity contribution in [1.29, 1.82) is 0 Å². The Bertz CT molecular complexity index is 578. The molecule has 7 heteroatoms. The maximum absolute atomic E-state index is 10.6. The molecule has 0 unspecified atom stereocenters. The highest BCUT2D eigenvalue weighted by molar-refractivity contribution is 7.99. The molecule has 2 heterocycles. The lowest BCUT2D eigenvalue weighted by Gasteiger charge is -1.98. The Hall–Kier alpha value is -1.89. The molecule has 2 N–H and O–H groups in total. The van der Waals surface area contributed by atoms with Gasteiger partial charge in [-0.3, -0.25) is 0 Å². The summed E-state index contributed by atoms with van der Waals surface area (Å²) in [6.45, 7) is 1.56. The van der Waals surface area contributed by atoms with Gasteiger partial charge in [0, 0.05) is 11.3 Å². The number of carboxylic acids is 1. The van der Waals surface area contributed by atoms with Gasteiger partial charge in [0.05, 0.1) is 6.33 Å². The molecule has 0 radical (unpaired) electrons. The normalized spacial score (nSPS) is 11.9. The molecule has 0 aromatic carbocycles. The van der Waals surface area contributed by atoms with Crippen LogP contribution in [0.2, 0.25) is 0 Å². The molecule has 0 spiro atoms. The first kappa shape index (κ1) is 11.6. The van der Waals surface area contributed by atoms with Crippen LogP contribution in [0.5, 0.6) is 0 Å². The molecule has 88 valence electrons. The first-order valence-corrected chi connectivity index (χ1v) is 5.84. The maximum atomic E-state index is 10.6. The fraction of sp³-hybridized carbons (Fsp3) is 0.200. The van der Waals surface area contributed by atoms with E-state index in [1.54, 1.807) is 19.3 Å². The lowest BCUT2D eigenvalue weighted by atomic mass is 10.3. The number of H-pyrrole nitrogens is 1. The number of carbonyl (C=O) groups is 1. The van der Waals surface area contributed by atoms with Crippen molar-refractivity contribution in [2.75, 3.05) is 5.75 Å². The largest absolute Gasteiger partial charge is 0.478 e. The lowest BCUT2D eigenvalue weighted by Crippen LogP contribution is -1.96. The quantitative estimate of drug-likeness (QED) is 0.485. The predicted octanol–water partition coefficient (Wildman–Crippen LogP) is 1.48. The van der Waals surface area contributed by atoms with Crippen molar-refractivity contribution in [3.05, 3.63) is 24.3 Å². The van der Waals surface area contributed by atoms with Gasteiger partial charge in [-0.1, -0.05) is 17.8 Å². The highest BCUT2D eigenvalue weighted by atomic mass is 32.2. The fourth-order valence-electron chi connectivity index (χ4n) is 1.19. The van der Waals surface area contributed by atoms with Crippen molar-refractivity contribution in [2.24, 2.45) is 0 Å². The molecule has 0 saturated heterocycles. The summed E-state index contributed by atoms with van der Waals surface area (Å²) in [5.74, 6) is -0.358. The van der Waals surface area contributed by atoms with Crippen LogP contribution in [0, 0.1) is 0 Å². The van der Waals surface area contributed by atoms with Gasteiger partial charge in [-0.15, -0.1) is 0 Å². The summed E-state index contributed by atoms with van der Waals surface area (Å²) in [5, 5.41) is 9.46. The van der Waals surface area contributed by atoms with Crippen LogP contribution in [-0.2, 0) is 4.79 Å². The number of aliphatic carboxylic acids is 1. The Morgan fingerprint density at radius 1 is 1.53 bits per heavy atom. The molecule has 6 nitrogen and oxygen atoms in total. The van der Waals surface area contributed by atoms with Crippen LogP contribution in [-0.4, -0.2) is 36.8 Å². The second-order valence-corrected chi connectivity index (χ2v) is 4.29. The zero-order valence-corrected chi connectivity index (χ0v) is 9.86. The van der Waals surface area contributed by atoms with Crippen LogP contribution in [0.1, 0.15) is 6.92 Å². The molecule has 0 fully saturated rings. The second-order valence-electron chi connectivity index (χ2n) is 3.28. The number of fused-ring (bicyclic) bond motifs is 1.